The summed E-state index contributed by atoms with van der Waals surface area (Å²) in [6.07, 6.45) is 2.82. The highest BCUT2D eigenvalue weighted by Gasteiger charge is 2.37. The molecule has 2 rings (SSSR count). The SMILES string of the molecule is CC(=O)NC1=C2C(=O)OC(=O)C2=CCC1. The molecule has 0 saturated carbocycles. The van der Waals surface area contributed by atoms with E-state index < -0.39 is 11.9 Å². The Morgan fingerprint density at radius 1 is 1.40 bits per heavy atom. The average molecular weight is 207 g/mol. The topological polar surface area (TPSA) is 72.5 Å². The highest BCUT2D eigenvalue weighted by Crippen LogP contribution is 2.30. The highest BCUT2D eigenvalue weighted by molar-refractivity contribution is 6.18. The zero-order chi connectivity index (χ0) is 11.0. The Kier molecular flexibility index (Phi) is 2.15. The molecule has 0 atom stereocenters. The third-order valence-electron chi connectivity index (χ3n) is 2.25. The molecule has 1 saturated heterocycles. The molecule has 1 aliphatic carbocycles. The van der Waals surface area contributed by atoms with Crippen molar-refractivity contribution in [3.8, 4) is 0 Å². The number of hydrogen-bond donors (Lipinski definition) is 1. The van der Waals surface area contributed by atoms with E-state index in [4.69, 9.17) is 0 Å². The van der Waals surface area contributed by atoms with Gasteiger partial charge in [0.2, 0.25) is 5.91 Å². The van der Waals surface area contributed by atoms with Gasteiger partial charge in [0, 0.05) is 12.6 Å². The summed E-state index contributed by atoms with van der Waals surface area (Å²) in [6, 6.07) is 0. The monoisotopic (exact) mass is 207 g/mol. The molecule has 1 aliphatic heterocycles. The minimum Gasteiger partial charge on any atom is -0.386 e. The third kappa shape index (κ3) is 1.56. The van der Waals surface area contributed by atoms with Crippen LogP contribution in [-0.4, -0.2) is 17.8 Å². The van der Waals surface area contributed by atoms with Gasteiger partial charge in [0.1, 0.15) is 0 Å². The molecule has 1 N–H and O–H groups in total. The Morgan fingerprint density at radius 3 is 2.80 bits per heavy atom. The molecule has 1 amide bonds. The van der Waals surface area contributed by atoms with E-state index in [1.165, 1.54) is 6.92 Å². The highest BCUT2D eigenvalue weighted by atomic mass is 16.6. The number of rotatable bonds is 1. The van der Waals surface area contributed by atoms with Crippen LogP contribution in [0.4, 0.5) is 0 Å². The lowest BCUT2D eigenvalue weighted by Gasteiger charge is -2.12. The van der Waals surface area contributed by atoms with Gasteiger partial charge in [0.05, 0.1) is 11.1 Å². The van der Waals surface area contributed by atoms with Crippen molar-refractivity contribution in [2.75, 3.05) is 0 Å². The molecule has 0 unspecified atom stereocenters. The summed E-state index contributed by atoms with van der Waals surface area (Å²) >= 11 is 0. The lowest BCUT2D eigenvalue weighted by molar-refractivity contribution is -0.149. The first kappa shape index (κ1) is 9.64. The van der Waals surface area contributed by atoms with Crippen LogP contribution < -0.4 is 5.32 Å². The Morgan fingerprint density at radius 2 is 2.13 bits per heavy atom. The predicted molar refractivity (Wildman–Crippen MR) is 49.3 cm³/mol. The normalized spacial score (nSPS) is 19.7. The second kappa shape index (κ2) is 3.34. The zero-order valence-electron chi connectivity index (χ0n) is 8.12. The standard InChI is InChI=1S/C10H9NO4/c1-5(12)11-7-4-2-3-6-8(7)10(14)15-9(6)13/h3H,2,4H2,1H3,(H,11,12). The van der Waals surface area contributed by atoms with E-state index in [0.717, 1.165) is 0 Å². The van der Waals surface area contributed by atoms with Gasteiger partial charge < -0.3 is 10.1 Å². The summed E-state index contributed by atoms with van der Waals surface area (Å²) < 4.78 is 4.46. The van der Waals surface area contributed by atoms with Gasteiger partial charge >= 0.3 is 11.9 Å². The van der Waals surface area contributed by atoms with Crippen molar-refractivity contribution in [2.24, 2.45) is 0 Å². The number of fused-ring (bicyclic) bond motifs is 1. The molecule has 5 nitrogen and oxygen atoms in total. The van der Waals surface area contributed by atoms with Crippen LogP contribution in [0, 0.1) is 0 Å². The summed E-state index contributed by atoms with van der Waals surface area (Å²) in [5.74, 6) is -1.56. The zero-order valence-corrected chi connectivity index (χ0v) is 8.12. The first-order chi connectivity index (χ1) is 7.09. The van der Waals surface area contributed by atoms with Crippen LogP contribution in [0.3, 0.4) is 0 Å². The summed E-state index contributed by atoms with van der Waals surface area (Å²) in [6.45, 7) is 1.35. The van der Waals surface area contributed by atoms with Crippen molar-refractivity contribution in [1.29, 1.82) is 0 Å². The van der Waals surface area contributed by atoms with Crippen LogP contribution in [0.1, 0.15) is 19.8 Å². The quantitative estimate of drug-likeness (QED) is 0.491. The van der Waals surface area contributed by atoms with Crippen molar-refractivity contribution in [3.63, 3.8) is 0 Å². The van der Waals surface area contributed by atoms with Crippen LogP contribution in [0.15, 0.2) is 22.9 Å². The van der Waals surface area contributed by atoms with E-state index in [2.05, 4.69) is 10.1 Å². The number of amides is 1. The Bertz CT molecular complexity index is 431. The molecule has 2 aliphatic rings. The number of carbonyl (C=O) groups excluding carboxylic acids is 3. The lowest BCUT2D eigenvalue weighted by atomic mass is 9.96. The number of carbonyl (C=O) groups is 3. The van der Waals surface area contributed by atoms with E-state index in [9.17, 15) is 14.4 Å². The molecule has 0 aromatic rings. The number of hydrogen-bond acceptors (Lipinski definition) is 4. The summed E-state index contributed by atoms with van der Waals surface area (Å²) in [5.41, 5.74) is 0.965. The van der Waals surface area contributed by atoms with Gasteiger partial charge in [-0.1, -0.05) is 6.08 Å². The lowest BCUT2D eigenvalue weighted by Crippen LogP contribution is -2.23. The number of allylic oxidation sites excluding steroid dienone is 2. The van der Waals surface area contributed by atoms with Crippen LogP contribution >= 0.6 is 0 Å². The summed E-state index contributed by atoms with van der Waals surface area (Å²) in [4.78, 5) is 33.4. The fraction of sp³-hybridized carbons (Fsp3) is 0.300. The Hall–Kier alpha value is -1.91. The maximum absolute atomic E-state index is 11.3. The molecule has 0 spiro atoms. The van der Waals surface area contributed by atoms with Gasteiger partial charge in [-0.15, -0.1) is 0 Å². The van der Waals surface area contributed by atoms with E-state index >= 15 is 0 Å². The van der Waals surface area contributed by atoms with Gasteiger partial charge in [-0.25, -0.2) is 9.59 Å². The van der Waals surface area contributed by atoms with E-state index in [0.29, 0.717) is 18.5 Å². The summed E-state index contributed by atoms with van der Waals surface area (Å²) in [7, 11) is 0. The fourth-order valence-corrected chi connectivity index (χ4v) is 1.70. The van der Waals surface area contributed by atoms with Crippen molar-refractivity contribution in [3.05, 3.63) is 22.9 Å². The first-order valence-electron chi connectivity index (χ1n) is 4.57. The minimum absolute atomic E-state index is 0.210. The molecule has 0 aromatic heterocycles. The van der Waals surface area contributed by atoms with E-state index in [-0.39, 0.29) is 17.1 Å². The maximum Gasteiger partial charge on any atom is 0.348 e. The molecular weight excluding hydrogens is 198 g/mol. The Balaban J connectivity index is 2.44. The number of ether oxygens (including phenoxy) is 1. The van der Waals surface area contributed by atoms with Gasteiger partial charge in [-0.05, 0) is 12.8 Å². The van der Waals surface area contributed by atoms with Crippen LogP contribution in [0.25, 0.3) is 0 Å². The molecule has 0 aromatic carbocycles. The first-order valence-corrected chi connectivity index (χ1v) is 4.57. The predicted octanol–water partition coefficient (Wildman–Crippen LogP) is 0.180. The van der Waals surface area contributed by atoms with Gasteiger partial charge in [0.15, 0.2) is 0 Å². The van der Waals surface area contributed by atoms with Crippen LogP contribution in [0.2, 0.25) is 0 Å². The smallest absolute Gasteiger partial charge is 0.348 e. The molecule has 78 valence electrons. The molecule has 1 heterocycles. The third-order valence-corrected chi connectivity index (χ3v) is 2.25. The fourth-order valence-electron chi connectivity index (χ4n) is 1.70. The second-order valence-electron chi connectivity index (χ2n) is 3.37. The largest absolute Gasteiger partial charge is 0.386 e. The molecule has 0 radical (unpaired) electrons. The second-order valence-corrected chi connectivity index (χ2v) is 3.37. The Labute approximate surface area is 85.8 Å². The van der Waals surface area contributed by atoms with Gasteiger partial charge in [0.25, 0.3) is 0 Å². The van der Waals surface area contributed by atoms with Crippen molar-refractivity contribution >= 4 is 17.8 Å². The van der Waals surface area contributed by atoms with Gasteiger partial charge in [-0.3, -0.25) is 4.79 Å². The molecule has 15 heavy (non-hydrogen) atoms. The maximum atomic E-state index is 11.3. The van der Waals surface area contributed by atoms with Crippen LogP contribution in [0.5, 0.6) is 0 Å². The average Bonchev–Trinajstić information content (AvgIpc) is 2.43. The number of nitrogens with one attached hydrogen (secondary N) is 1. The van der Waals surface area contributed by atoms with Crippen molar-refractivity contribution < 1.29 is 19.1 Å². The van der Waals surface area contributed by atoms with E-state index in [1.807, 2.05) is 0 Å². The van der Waals surface area contributed by atoms with Crippen LogP contribution in [-0.2, 0) is 19.1 Å². The molecular formula is C10H9NO4. The van der Waals surface area contributed by atoms with Crippen molar-refractivity contribution in [2.45, 2.75) is 19.8 Å². The molecule has 1 fully saturated rings. The summed E-state index contributed by atoms with van der Waals surface area (Å²) in [5, 5.41) is 2.55. The minimum atomic E-state index is -0.672. The van der Waals surface area contributed by atoms with Crippen molar-refractivity contribution in [1.82, 2.24) is 5.32 Å². The molecule has 0 bridgehead atoms. The number of esters is 2. The van der Waals surface area contributed by atoms with Gasteiger partial charge in [-0.2, -0.15) is 0 Å². The number of cyclic esters (lactones) is 2. The van der Waals surface area contributed by atoms with E-state index in [1.54, 1.807) is 6.08 Å². The molecule has 5 heteroatoms.